The van der Waals surface area contributed by atoms with Crippen LogP contribution in [0.5, 0.6) is 0 Å². The van der Waals surface area contributed by atoms with Crippen LogP contribution in [-0.2, 0) is 17.6 Å². The molecule has 4 aromatic carbocycles. The van der Waals surface area contributed by atoms with E-state index in [0.29, 0.717) is 23.9 Å². The van der Waals surface area contributed by atoms with Crippen molar-refractivity contribution in [3.63, 3.8) is 0 Å². The predicted octanol–water partition coefficient (Wildman–Crippen LogP) is 9.59. The number of hydrogen-bond donors (Lipinski definition) is 0. The molecule has 7 heteroatoms. The summed E-state index contributed by atoms with van der Waals surface area (Å²) in [5, 5.41) is 0. The number of likely N-dealkylation sites (tertiary alicyclic amines) is 2. The summed E-state index contributed by atoms with van der Waals surface area (Å²) in [6.07, 6.45) is 8.54. The maximum atomic E-state index is 13.5. The highest BCUT2D eigenvalue weighted by Crippen LogP contribution is 2.34. The quantitative estimate of drug-likeness (QED) is 0.107. The highest BCUT2D eigenvalue weighted by molar-refractivity contribution is 5.48. The molecule has 0 aliphatic carbocycles. The third-order valence-corrected chi connectivity index (χ3v) is 11.7. The number of hydrogen-bond acceptors (Lipinski definition) is 5. The standard InChI is InChI=1S/C46H60F2N4O/c1-49(2)43-9-5-7-39(33-43)45(51-25-19-37(20-26-51)31-35-11-15-41(47)16-12-35)23-29-53-30-24-46(40-8-6-10-44(34-40)50(3)4)52-27-21-38(22-28-52)32-36-13-17-42(48)18-14-36/h5-18,33-34,37-38,45-46H,19-32H2,1-4H3. The van der Waals surface area contributed by atoms with Crippen LogP contribution in [0, 0.1) is 23.5 Å². The van der Waals surface area contributed by atoms with Crippen LogP contribution in [0.3, 0.4) is 0 Å². The Kier molecular flexibility index (Phi) is 14.0. The minimum atomic E-state index is -0.165. The molecule has 2 saturated heterocycles. The predicted molar refractivity (Wildman–Crippen MR) is 216 cm³/mol. The highest BCUT2D eigenvalue weighted by Gasteiger charge is 2.29. The van der Waals surface area contributed by atoms with E-state index in [1.54, 1.807) is 24.3 Å². The van der Waals surface area contributed by atoms with E-state index in [9.17, 15) is 8.78 Å². The third-order valence-electron chi connectivity index (χ3n) is 11.7. The van der Waals surface area contributed by atoms with E-state index in [4.69, 9.17) is 4.74 Å². The molecule has 0 spiro atoms. The zero-order valence-electron chi connectivity index (χ0n) is 32.4. The average molecular weight is 723 g/mol. The summed E-state index contributed by atoms with van der Waals surface area (Å²) in [6, 6.07) is 32.7. The van der Waals surface area contributed by atoms with E-state index in [1.807, 2.05) is 24.3 Å². The van der Waals surface area contributed by atoms with Crippen molar-refractivity contribution in [2.75, 3.05) is 77.4 Å². The monoisotopic (exact) mass is 722 g/mol. The van der Waals surface area contributed by atoms with Crippen molar-refractivity contribution in [1.29, 1.82) is 0 Å². The second kappa shape index (κ2) is 19.0. The number of nitrogens with zero attached hydrogens (tertiary/aromatic N) is 4. The van der Waals surface area contributed by atoms with Gasteiger partial charge in [-0.25, -0.2) is 8.78 Å². The molecule has 0 bridgehead atoms. The minimum absolute atomic E-state index is 0.165. The average Bonchev–Trinajstić information content (AvgIpc) is 3.17. The number of anilines is 2. The van der Waals surface area contributed by atoms with E-state index in [1.165, 1.54) is 33.6 Å². The largest absolute Gasteiger partial charge is 0.381 e. The molecule has 4 aromatic rings. The topological polar surface area (TPSA) is 22.2 Å². The van der Waals surface area contributed by atoms with Gasteiger partial charge in [0.15, 0.2) is 0 Å². The van der Waals surface area contributed by atoms with Gasteiger partial charge in [0, 0.05) is 64.9 Å². The van der Waals surface area contributed by atoms with Gasteiger partial charge < -0.3 is 14.5 Å². The summed E-state index contributed by atoms with van der Waals surface area (Å²) >= 11 is 0. The maximum Gasteiger partial charge on any atom is 0.123 e. The Morgan fingerprint density at radius 1 is 0.566 bits per heavy atom. The molecule has 0 amide bonds. The molecule has 0 saturated carbocycles. The van der Waals surface area contributed by atoms with Crippen LogP contribution < -0.4 is 9.80 Å². The van der Waals surface area contributed by atoms with E-state index in [2.05, 4.69) is 96.3 Å². The summed E-state index contributed by atoms with van der Waals surface area (Å²) in [5.41, 5.74) is 7.63. The summed E-state index contributed by atoms with van der Waals surface area (Å²) in [7, 11) is 8.43. The Labute approximate surface area is 317 Å². The fourth-order valence-corrected chi connectivity index (χ4v) is 8.48. The van der Waals surface area contributed by atoms with E-state index < -0.39 is 0 Å². The molecule has 2 aliphatic heterocycles. The van der Waals surface area contributed by atoms with Gasteiger partial charge in [-0.05, 0) is 160 Å². The molecule has 6 rings (SSSR count). The van der Waals surface area contributed by atoms with Gasteiger partial charge in [0.2, 0.25) is 0 Å². The van der Waals surface area contributed by atoms with Crippen LogP contribution in [0.2, 0.25) is 0 Å². The van der Waals surface area contributed by atoms with Gasteiger partial charge in [0.1, 0.15) is 11.6 Å². The smallest absolute Gasteiger partial charge is 0.123 e. The molecule has 0 radical (unpaired) electrons. The molecule has 53 heavy (non-hydrogen) atoms. The van der Waals surface area contributed by atoms with Gasteiger partial charge in [-0.15, -0.1) is 0 Å². The first-order chi connectivity index (χ1) is 25.7. The maximum absolute atomic E-state index is 13.5. The second-order valence-electron chi connectivity index (χ2n) is 15.8. The minimum Gasteiger partial charge on any atom is -0.381 e. The van der Waals surface area contributed by atoms with E-state index in [-0.39, 0.29) is 11.6 Å². The van der Waals surface area contributed by atoms with Gasteiger partial charge in [-0.1, -0.05) is 48.5 Å². The first-order valence-electron chi connectivity index (χ1n) is 19.8. The van der Waals surface area contributed by atoms with Gasteiger partial charge in [0.25, 0.3) is 0 Å². The lowest BCUT2D eigenvalue weighted by atomic mass is 9.88. The second-order valence-corrected chi connectivity index (χ2v) is 15.8. The van der Waals surface area contributed by atoms with Crippen molar-refractivity contribution in [2.24, 2.45) is 11.8 Å². The molecule has 0 N–H and O–H groups in total. The lowest BCUT2D eigenvalue weighted by Gasteiger charge is -2.39. The zero-order valence-corrected chi connectivity index (χ0v) is 32.4. The lowest BCUT2D eigenvalue weighted by Crippen LogP contribution is -2.38. The summed E-state index contributed by atoms with van der Waals surface area (Å²) in [6.45, 7) is 5.68. The van der Waals surface area contributed by atoms with Crippen molar-refractivity contribution < 1.29 is 13.5 Å². The Hall–Kier alpha value is -3.78. The van der Waals surface area contributed by atoms with Crippen LogP contribution in [0.4, 0.5) is 20.2 Å². The first-order valence-corrected chi connectivity index (χ1v) is 19.8. The molecular weight excluding hydrogens is 663 g/mol. The van der Waals surface area contributed by atoms with Crippen LogP contribution in [0.1, 0.15) is 72.9 Å². The molecule has 2 heterocycles. The normalized spacial score (nSPS) is 17.5. The van der Waals surface area contributed by atoms with Crippen LogP contribution in [-0.4, -0.2) is 77.4 Å². The van der Waals surface area contributed by atoms with Crippen molar-refractivity contribution in [1.82, 2.24) is 9.80 Å². The Morgan fingerprint density at radius 2 is 0.943 bits per heavy atom. The van der Waals surface area contributed by atoms with Gasteiger partial charge in [0.05, 0.1) is 0 Å². The molecule has 0 aromatic heterocycles. The summed E-state index contributed by atoms with van der Waals surface area (Å²) in [4.78, 5) is 9.71. The van der Waals surface area contributed by atoms with Crippen molar-refractivity contribution in [3.8, 4) is 0 Å². The van der Waals surface area contributed by atoms with E-state index in [0.717, 1.165) is 90.8 Å². The number of halogens is 2. The SMILES string of the molecule is CN(C)c1cccc(C(CCOCCC(c2cccc(N(C)C)c2)N2CCC(Cc3ccc(F)cc3)CC2)N2CCC(Cc3ccc(F)cc3)CC2)c1. The van der Waals surface area contributed by atoms with Crippen molar-refractivity contribution >= 4 is 11.4 Å². The van der Waals surface area contributed by atoms with Gasteiger partial charge >= 0.3 is 0 Å². The third kappa shape index (κ3) is 11.1. The number of ether oxygens (including phenoxy) is 1. The number of benzene rings is 4. The Bertz CT molecular complexity index is 1550. The first kappa shape index (κ1) is 38.9. The molecule has 2 atom stereocenters. The number of rotatable bonds is 16. The molecule has 5 nitrogen and oxygen atoms in total. The van der Waals surface area contributed by atoms with Crippen molar-refractivity contribution in [3.05, 3.63) is 131 Å². The molecule has 2 aliphatic rings. The lowest BCUT2D eigenvalue weighted by molar-refractivity contribution is 0.0579. The molecular formula is C46H60F2N4O. The molecule has 284 valence electrons. The summed E-state index contributed by atoms with van der Waals surface area (Å²) < 4.78 is 33.5. The Morgan fingerprint density at radius 3 is 1.30 bits per heavy atom. The van der Waals surface area contributed by atoms with Gasteiger partial charge in [-0.3, -0.25) is 9.80 Å². The number of piperidine rings is 2. The fraction of sp³-hybridized carbons (Fsp3) is 0.478. The Balaban J connectivity index is 1.07. The summed E-state index contributed by atoms with van der Waals surface area (Å²) in [5.74, 6) is 0.916. The van der Waals surface area contributed by atoms with Gasteiger partial charge in [-0.2, -0.15) is 0 Å². The van der Waals surface area contributed by atoms with Crippen LogP contribution >= 0.6 is 0 Å². The fourth-order valence-electron chi connectivity index (χ4n) is 8.48. The molecule has 2 fully saturated rings. The van der Waals surface area contributed by atoms with Crippen molar-refractivity contribution in [2.45, 2.75) is 63.5 Å². The van der Waals surface area contributed by atoms with Crippen LogP contribution in [0.15, 0.2) is 97.1 Å². The highest BCUT2D eigenvalue weighted by atomic mass is 19.1. The van der Waals surface area contributed by atoms with Crippen LogP contribution in [0.25, 0.3) is 0 Å². The van der Waals surface area contributed by atoms with E-state index >= 15 is 0 Å². The molecule has 2 unspecified atom stereocenters. The zero-order chi connectivity index (χ0) is 37.2.